The van der Waals surface area contributed by atoms with Gasteiger partial charge in [-0.05, 0) is 31.2 Å². The summed E-state index contributed by atoms with van der Waals surface area (Å²) in [5, 5.41) is 4.16. The van der Waals surface area contributed by atoms with E-state index in [1.54, 1.807) is 42.5 Å². The molecule has 0 fully saturated rings. The van der Waals surface area contributed by atoms with E-state index >= 15 is 0 Å². The largest absolute Gasteiger partial charge is 0.398 e. The Morgan fingerprint density at radius 2 is 1.68 bits per heavy atom. The summed E-state index contributed by atoms with van der Waals surface area (Å²) in [5.41, 5.74) is 8.68. The molecule has 0 aliphatic rings. The van der Waals surface area contributed by atoms with Gasteiger partial charge in [-0.1, -0.05) is 35.9 Å². The van der Waals surface area contributed by atoms with Crippen molar-refractivity contribution in [3.63, 3.8) is 0 Å². The predicted molar refractivity (Wildman–Crippen MR) is 85.8 cm³/mol. The van der Waals surface area contributed by atoms with E-state index in [1.807, 2.05) is 19.1 Å². The Kier molecular flexibility index (Phi) is 3.46. The Morgan fingerprint density at radius 3 is 2.36 bits per heavy atom. The second kappa shape index (κ2) is 5.31. The standard InChI is InChI=1S/C16H15N3O2S/c1-12-6-8-13(9-7-12)22(20,21)19-11-10-16(18-19)14-4-2-3-5-15(14)17/h2-11H,17H2,1H3. The lowest BCUT2D eigenvalue weighted by Crippen LogP contribution is -2.13. The van der Waals surface area contributed by atoms with Gasteiger partial charge in [-0.15, -0.1) is 0 Å². The fourth-order valence-electron chi connectivity index (χ4n) is 2.13. The van der Waals surface area contributed by atoms with Gasteiger partial charge < -0.3 is 5.73 Å². The second-order valence-corrected chi connectivity index (χ2v) is 6.77. The summed E-state index contributed by atoms with van der Waals surface area (Å²) in [5.74, 6) is 0. The number of hydrogen-bond acceptors (Lipinski definition) is 4. The van der Waals surface area contributed by atoms with Crippen molar-refractivity contribution in [1.82, 2.24) is 9.19 Å². The van der Waals surface area contributed by atoms with Gasteiger partial charge in [0.25, 0.3) is 10.0 Å². The number of aromatic nitrogens is 2. The summed E-state index contributed by atoms with van der Waals surface area (Å²) in [6, 6.07) is 15.5. The highest BCUT2D eigenvalue weighted by Gasteiger charge is 2.18. The monoisotopic (exact) mass is 313 g/mol. The van der Waals surface area contributed by atoms with Crippen LogP contribution in [0.2, 0.25) is 0 Å². The third-order valence-electron chi connectivity index (χ3n) is 3.37. The SMILES string of the molecule is Cc1ccc(S(=O)(=O)n2ccc(-c3ccccc3N)n2)cc1. The van der Waals surface area contributed by atoms with Crippen molar-refractivity contribution < 1.29 is 8.42 Å². The van der Waals surface area contributed by atoms with E-state index in [2.05, 4.69) is 5.10 Å². The van der Waals surface area contributed by atoms with Crippen LogP contribution in [-0.4, -0.2) is 17.6 Å². The first-order chi connectivity index (χ1) is 10.5. The second-order valence-electron chi connectivity index (χ2n) is 4.98. The lowest BCUT2D eigenvalue weighted by Gasteiger charge is -2.05. The maximum atomic E-state index is 12.5. The zero-order valence-electron chi connectivity index (χ0n) is 12.0. The fraction of sp³-hybridized carbons (Fsp3) is 0.0625. The molecule has 5 nitrogen and oxygen atoms in total. The Bertz CT molecular complexity index is 913. The smallest absolute Gasteiger partial charge is 0.282 e. The Morgan fingerprint density at radius 1 is 1.00 bits per heavy atom. The highest BCUT2D eigenvalue weighted by molar-refractivity contribution is 7.89. The van der Waals surface area contributed by atoms with Crippen LogP contribution in [0.1, 0.15) is 5.56 Å². The van der Waals surface area contributed by atoms with E-state index in [1.165, 1.54) is 6.20 Å². The molecule has 0 radical (unpaired) electrons. The highest BCUT2D eigenvalue weighted by Crippen LogP contribution is 2.24. The van der Waals surface area contributed by atoms with Gasteiger partial charge in [-0.2, -0.15) is 17.6 Å². The van der Waals surface area contributed by atoms with Gasteiger partial charge in [0, 0.05) is 17.4 Å². The minimum absolute atomic E-state index is 0.203. The molecule has 2 aromatic carbocycles. The number of rotatable bonds is 3. The molecule has 0 aliphatic carbocycles. The molecule has 0 saturated carbocycles. The number of anilines is 1. The number of aryl methyl sites for hydroxylation is 1. The zero-order valence-corrected chi connectivity index (χ0v) is 12.8. The lowest BCUT2D eigenvalue weighted by atomic mass is 10.1. The molecule has 0 bridgehead atoms. The normalized spacial score (nSPS) is 11.5. The van der Waals surface area contributed by atoms with Crippen LogP contribution in [0.4, 0.5) is 5.69 Å². The van der Waals surface area contributed by atoms with Gasteiger partial charge in [0.1, 0.15) is 0 Å². The number of benzene rings is 2. The average molecular weight is 313 g/mol. The number of nitrogens with zero attached hydrogens (tertiary/aromatic N) is 2. The van der Waals surface area contributed by atoms with Crippen molar-refractivity contribution in [2.45, 2.75) is 11.8 Å². The molecule has 3 rings (SSSR count). The molecular formula is C16H15N3O2S. The van der Waals surface area contributed by atoms with Gasteiger partial charge in [0.2, 0.25) is 0 Å². The minimum Gasteiger partial charge on any atom is -0.398 e. The van der Waals surface area contributed by atoms with Crippen molar-refractivity contribution in [2.24, 2.45) is 0 Å². The first-order valence-electron chi connectivity index (χ1n) is 6.71. The Labute approximate surface area is 129 Å². The van der Waals surface area contributed by atoms with Crippen molar-refractivity contribution in [1.29, 1.82) is 0 Å². The third-order valence-corrected chi connectivity index (χ3v) is 4.93. The zero-order chi connectivity index (χ0) is 15.7. The van der Waals surface area contributed by atoms with Crippen LogP contribution in [0, 0.1) is 6.92 Å². The molecule has 0 spiro atoms. The van der Waals surface area contributed by atoms with Crippen LogP contribution < -0.4 is 5.73 Å². The van der Waals surface area contributed by atoms with Crippen LogP contribution in [0.3, 0.4) is 0 Å². The van der Waals surface area contributed by atoms with Crippen LogP contribution >= 0.6 is 0 Å². The van der Waals surface area contributed by atoms with Gasteiger partial charge in [0.15, 0.2) is 0 Å². The Balaban J connectivity index is 2.03. The van der Waals surface area contributed by atoms with Gasteiger partial charge >= 0.3 is 0 Å². The van der Waals surface area contributed by atoms with Crippen LogP contribution in [0.15, 0.2) is 65.7 Å². The minimum atomic E-state index is -3.69. The van der Waals surface area contributed by atoms with Crippen molar-refractivity contribution >= 4 is 15.7 Å². The summed E-state index contributed by atoms with van der Waals surface area (Å²) in [7, 11) is -3.69. The summed E-state index contributed by atoms with van der Waals surface area (Å²) >= 11 is 0. The van der Waals surface area contributed by atoms with E-state index in [9.17, 15) is 8.42 Å². The number of hydrogen-bond donors (Lipinski definition) is 1. The summed E-state index contributed by atoms with van der Waals surface area (Å²) in [4.78, 5) is 0.203. The van der Waals surface area contributed by atoms with Gasteiger partial charge in [0.05, 0.1) is 10.6 Å². The third kappa shape index (κ3) is 2.48. The molecular weight excluding hydrogens is 298 g/mol. The van der Waals surface area contributed by atoms with E-state index in [-0.39, 0.29) is 4.90 Å². The summed E-state index contributed by atoms with van der Waals surface area (Å²) in [6.07, 6.45) is 1.43. The van der Waals surface area contributed by atoms with E-state index in [0.29, 0.717) is 16.9 Å². The molecule has 6 heteroatoms. The van der Waals surface area contributed by atoms with Gasteiger partial charge in [-0.3, -0.25) is 0 Å². The molecule has 1 heterocycles. The fourth-order valence-corrected chi connectivity index (χ4v) is 3.25. The molecule has 0 aliphatic heterocycles. The molecule has 0 saturated heterocycles. The first kappa shape index (κ1) is 14.3. The highest BCUT2D eigenvalue weighted by atomic mass is 32.2. The number of nitrogen functional groups attached to an aromatic ring is 1. The molecule has 2 N–H and O–H groups in total. The molecule has 1 aromatic heterocycles. The van der Waals surface area contributed by atoms with Crippen molar-refractivity contribution in [2.75, 3.05) is 5.73 Å². The first-order valence-corrected chi connectivity index (χ1v) is 8.15. The Hall–Kier alpha value is -2.60. The van der Waals surface area contributed by atoms with Crippen LogP contribution in [0.5, 0.6) is 0 Å². The quantitative estimate of drug-likeness (QED) is 0.754. The van der Waals surface area contributed by atoms with Crippen molar-refractivity contribution in [3.8, 4) is 11.3 Å². The topological polar surface area (TPSA) is 78.0 Å². The molecule has 22 heavy (non-hydrogen) atoms. The molecule has 0 atom stereocenters. The van der Waals surface area contributed by atoms with E-state index in [0.717, 1.165) is 9.65 Å². The van der Waals surface area contributed by atoms with Crippen LogP contribution in [-0.2, 0) is 10.0 Å². The van der Waals surface area contributed by atoms with E-state index in [4.69, 9.17) is 5.73 Å². The van der Waals surface area contributed by atoms with Crippen LogP contribution in [0.25, 0.3) is 11.3 Å². The molecule has 0 amide bonds. The number of nitrogens with two attached hydrogens (primary N) is 1. The lowest BCUT2D eigenvalue weighted by molar-refractivity contribution is 0.580. The van der Waals surface area contributed by atoms with Gasteiger partial charge in [-0.25, -0.2) is 0 Å². The predicted octanol–water partition coefficient (Wildman–Crippen LogP) is 2.68. The molecule has 112 valence electrons. The summed E-state index contributed by atoms with van der Waals surface area (Å²) < 4.78 is 26.1. The summed E-state index contributed by atoms with van der Waals surface area (Å²) in [6.45, 7) is 1.90. The number of para-hydroxylation sites is 1. The average Bonchev–Trinajstić information content (AvgIpc) is 2.98. The van der Waals surface area contributed by atoms with E-state index < -0.39 is 10.0 Å². The maximum absolute atomic E-state index is 12.5. The maximum Gasteiger partial charge on any atom is 0.282 e. The molecule has 3 aromatic rings. The van der Waals surface area contributed by atoms with Crippen molar-refractivity contribution in [3.05, 3.63) is 66.4 Å². The molecule has 0 unspecified atom stereocenters.